The highest BCUT2D eigenvalue weighted by atomic mass is 32.1. The monoisotopic (exact) mass is 373 g/mol. The number of thiazole rings is 1. The summed E-state index contributed by atoms with van der Waals surface area (Å²) in [4.78, 5) is 40.7. The molecule has 3 rings (SSSR count). The maximum Gasteiger partial charge on any atom is 0.375 e. The average molecular weight is 373 g/mol. The zero-order valence-electron chi connectivity index (χ0n) is 14.3. The van der Waals surface area contributed by atoms with Crippen molar-refractivity contribution in [2.24, 2.45) is 0 Å². The molecule has 0 N–H and O–H groups in total. The van der Waals surface area contributed by atoms with E-state index in [0.717, 1.165) is 5.69 Å². The van der Waals surface area contributed by atoms with E-state index in [0.29, 0.717) is 5.01 Å². The molecule has 8 heteroatoms. The predicted molar refractivity (Wildman–Crippen MR) is 95.6 cm³/mol. The number of hydrogen-bond donors (Lipinski definition) is 0. The summed E-state index contributed by atoms with van der Waals surface area (Å²) in [6.45, 7) is 4.84. The fourth-order valence-electron chi connectivity index (χ4n) is 2.41. The molecule has 26 heavy (non-hydrogen) atoms. The molecule has 7 nitrogen and oxygen atoms in total. The van der Waals surface area contributed by atoms with Gasteiger partial charge < -0.3 is 13.9 Å². The van der Waals surface area contributed by atoms with Gasteiger partial charge in [0, 0.05) is 24.1 Å². The molecule has 0 unspecified atom stereocenters. The van der Waals surface area contributed by atoms with Crippen molar-refractivity contribution in [3.63, 3.8) is 0 Å². The summed E-state index contributed by atoms with van der Waals surface area (Å²) in [5.41, 5.74) is 0.505. The summed E-state index contributed by atoms with van der Waals surface area (Å²) in [5, 5.41) is 2.40. The second-order valence-corrected chi connectivity index (χ2v) is 6.26. The first-order valence-electron chi connectivity index (χ1n) is 7.79. The summed E-state index contributed by atoms with van der Waals surface area (Å²) < 4.78 is 15.7. The van der Waals surface area contributed by atoms with Crippen LogP contribution in [-0.2, 0) is 9.53 Å². The van der Waals surface area contributed by atoms with Crippen molar-refractivity contribution in [2.75, 3.05) is 6.61 Å². The Balaban J connectivity index is 2.28. The Kier molecular flexibility index (Phi) is 4.85. The van der Waals surface area contributed by atoms with Gasteiger partial charge in [-0.2, -0.15) is 0 Å². The topological polar surface area (TPSA) is 95.7 Å². The molecule has 0 radical (unpaired) electrons. The van der Waals surface area contributed by atoms with E-state index in [9.17, 15) is 14.4 Å². The van der Waals surface area contributed by atoms with Crippen LogP contribution in [0.5, 0.6) is 5.75 Å². The van der Waals surface area contributed by atoms with E-state index in [1.54, 1.807) is 19.2 Å². The summed E-state index contributed by atoms with van der Waals surface area (Å²) in [7, 11) is 0. The quantitative estimate of drug-likeness (QED) is 0.511. The first kappa shape index (κ1) is 17.8. The summed E-state index contributed by atoms with van der Waals surface area (Å²) in [6, 6.07) is 4.36. The number of hydrogen-bond acceptors (Lipinski definition) is 8. The number of carbonyl (C=O) groups excluding carboxylic acids is 2. The third kappa shape index (κ3) is 3.36. The van der Waals surface area contributed by atoms with E-state index in [1.807, 2.05) is 0 Å². The van der Waals surface area contributed by atoms with E-state index >= 15 is 0 Å². The molecule has 0 fully saturated rings. The van der Waals surface area contributed by atoms with Crippen molar-refractivity contribution in [3.8, 4) is 16.3 Å². The molecule has 0 spiro atoms. The Morgan fingerprint density at radius 3 is 2.69 bits per heavy atom. The molecule has 0 bridgehead atoms. The highest BCUT2D eigenvalue weighted by Gasteiger charge is 2.25. The second kappa shape index (κ2) is 7.09. The summed E-state index contributed by atoms with van der Waals surface area (Å²) in [6.07, 6.45) is 0. The average Bonchev–Trinajstić information content (AvgIpc) is 3.00. The molecule has 0 saturated heterocycles. The van der Waals surface area contributed by atoms with Crippen molar-refractivity contribution in [1.82, 2.24) is 4.98 Å². The van der Waals surface area contributed by atoms with Crippen molar-refractivity contribution in [2.45, 2.75) is 20.8 Å². The number of aryl methyl sites for hydroxylation is 1. The van der Waals surface area contributed by atoms with E-state index < -0.39 is 17.4 Å². The lowest BCUT2D eigenvalue weighted by atomic mass is 10.1. The van der Waals surface area contributed by atoms with Gasteiger partial charge in [0.05, 0.1) is 12.0 Å². The van der Waals surface area contributed by atoms with Gasteiger partial charge in [0.15, 0.2) is 0 Å². The predicted octanol–water partition coefficient (Wildman–Crippen LogP) is 3.33. The Morgan fingerprint density at radius 2 is 2.08 bits per heavy atom. The van der Waals surface area contributed by atoms with Gasteiger partial charge in [0.1, 0.15) is 21.9 Å². The standard InChI is InChI=1S/C18H15NO6S/c1-4-23-18(22)16-14(17-19-9(2)8-26-17)15(21)12-6-5-11(24-10(3)20)7-13(12)25-16/h5-8H,4H2,1-3H3. The number of rotatable bonds is 4. The van der Waals surface area contributed by atoms with E-state index in [1.165, 1.54) is 36.5 Å². The Morgan fingerprint density at radius 1 is 1.31 bits per heavy atom. The van der Waals surface area contributed by atoms with Crippen LogP contribution < -0.4 is 10.2 Å². The van der Waals surface area contributed by atoms with Crippen LogP contribution in [-0.4, -0.2) is 23.5 Å². The van der Waals surface area contributed by atoms with Gasteiger partial charge in [-0.05, 0) is 26.0 Å². The van der Waals surface area contributed by atoms with E-state index in [4.69, 9.17) is 13.9 Å². The fraction of sp³-hybridized carbons (Fsp3) is 0.222. The zero-order valence-corrected chi connectivity index (χ0v) is 15.1. The van der Waals surface area contributed by atoms with Crippen LogP contribution >= 0.6 is 11.3 Å². The lowest BCUT2D eigenvalue weighted by Crippen LogP contribution is -2.15. The van der Waals surface area contributed by atoms with Crippen LogP contribution in [0.4, 0.5) is 0 Å². The maximum atomic E-state index is 13.0. The molecule has 2 heterocycles. The number of aromatic nitrogens is 1. The van der Waals surface area contributed by atoms with Crippen molar-refractivity contribution < 1.29 is 23.5 Å². The Labute approximate surface area is 152 Å². The maximum absolute atomic E-state index is 13.0. The first-order chi connectivity index (χ1) is 12.4. The minimum absolute atomic E-state index is 0.0642. The third-order valence-corrected chi connectivity index (χ3v) is 4.40. The second-order valence-electron chi connectivity index (χ2n) is 5.40. The van der Waals surface area contributed by atoms with E-state index in [-0.39, 0.29) is 34.6 Å². The highest BCUT2D eigenvalue weighted by molar-refractivity contribution is 7.13. The number of ether oxygens (including phenoxy) is 2. The largest absolute Gasteiger partial charge is 0.460 e. The lowest BCUT2D eigenvalue weighted by molar-refractivity contribution is -0.131. The zero-order chi connectivity index (χ0) is 18.8. The third-order valence-electron chi connectivity index (χ3n) is 3.42. The van der Waals surface area contributed by atoms with Gasteiger partial charge in [0.2, 0.25) is 11.2 Å². The smallest absolute Gasteiger partial charge is 0.375 e. The van der Waals surface area contributed by atoms with Gasteiger partial charge in [-0.15, -0.1) is 11.3 Å². The number of fused-ring (bicyclic) bond motifs is 1. The van der Waals surface area contributed by atoms with E-state index in [2.05, 4.69) is 4.98 Å². The van der Waals surface area contributed by atoms with Crippen LogP contribution in [0.15, 0.2) is 32.8 Å². The van der Waals surface area contributed by atoms with Crippen molar-refractivity contribution in [3.05, 3.63) is 45.3 Å². The van der Waals surface area contributed by atoms with Crippen LogP contribution in [0.1, 0.15) is 30.1 Å². The molecule has 0 aliphatic carbocycles. The number of esters is 2. The van der Waals surface area contributed by atoms with Gasteiger partial charge >= 0.3 is 11.9 Å². The summed E-state index contributed by atoms with van der Waals surface area (Å²) in [5.74, 6) is -1.28. The normalized spacial score (nSPS) is 10.7. The molecule has 0 atom stereocenters. The van der Waals surface area contributed by atoms with Crippen molar-refractivity contribution in [1.29, 1.82) is 0 Å². The number of carbonyl (C=O) groups is 2. The van der Waals surface area contributed by atoms with Crippen LogP contribution in [0.3, 0.4) is 0 Å². The Hall–Kier alpha value is -3.00. The summed E-state index contributed by atoms with van der Waals surface area (Å²) >= 11 is 1.24. The van der Waals surface area contributed by atoms with Crippen LogP contribution in [0.2, 0.25) is 0 Å². The lowest BCUT2D eigenvalue weighted by Gasteiger charge is -2.08. The molecule has 1 aromatic carbocycles. The minimum Gasteiger partial charge on any atom is -0.460 e. The molecule has 134 valence electrons. The van der Waals surface area contributed by atoms with Gasteiger partial charge in [-0.25, -0.2) is 9.78 Å². The molecule has 0 saturated carbocycles. The molecule has 0 aliphatic heterocycles. The first-order valence-corrected chi connectivity index (χ1v) is 8.67. The number of nitrogens with zero attached hydrogens (tertiary/aromatic N) is 1. The molecule has 0 aliphatic rings. The van der Waals surface area contributed by atoms with Gasteiger partial charge in [-0.1, -0.05) is 0 Å². The molecule has 3 aromatic rings. The number of benzene rings is 1. The SMILES string of the molecule is CCOC(=O)c1oc2cc(OC(C)=O)ccc2c(=O)c1-c1nc(C)cs1. The Bertz CT molecular complexity index is 1070. The molecule has 2 aromatic heterocycles. The van der Waals surface area contributed by atoms with Crippen LogP contribution in [0, 0.1) is 6.92 Å². The van der Waals surface area contributed by atoms with Crippen molar-refractivity contribution >= 4 is 34.2 Å². The molecular formula is C18H15NO6S. The minimum atomic E-state index is -0.757. The van der Waals surface area contributed by atoms with Crippen LogP contribution in [0.25, 0.3) is 21.5 Å². The molecule has 0 amide bonds. The fourth-order valence-corrected chi connectivity index (χ4v) is 3.24. The van der Waals surface area contributed by atoms with Gasteiger partial charge in [0.25, 0.3) is 0 Å². The highest BCUT2D eigenvalue weighted by Crippen LogP contribution is 2.29. The van der Waals surface area contributed by atoms with Gasteiger partial charge in [-0.3, -0.25) is 9.59 Å². The molecular weight excluding hydrogens is 358 g/mol.